The maximum atomic E-state index is 13.3. The maximum Gasteiger partial charge on any atom is 0.254 e. The van der Waals surface area contributed by atoms with E-state index < -0.39 is 0 Å². The molecule has 0 saturated carbocycles. The van der Waals surface area contributed by atoms with Gasteiger partial charge in [-0.15, -0.1) is 12.4 Å². The topological polar surface area (TPSA) is 48.5 Å². The van der Waals surface area contributed by atoms with E-state index in [0.717, 1.165) is 64.1 Å². The first-order valence-corrected chi connectivity index (χ1v) is 11.0. The summed E-state index contributed by atoms with van der Waals surface area (Å²) >= 11 is 0. The summed E-state index contributed by atoms with van der Waals surface area (Å²) in [6.45, 7) is 5.83. The van der Waals surface area contributed by atoms with Crippen LogP contribution in [0.25, 0.3) is 0 Å². The fourth-order valence-electron chi connectivity index (χ4n) is 5.36. The van der Waals surface area contributed by atoms with Crippen LogP contribution >= 0.6 is 12.4 Å². The highest BCUT2D eigenvalue weighted by Gasteiger charge is 2.39. The van der Waals surface area contributed by atoms with Crippen LogP contribution in [0, 0.1) is 5.41 Å². The average molecular weight is 427 g/mol. The van der Waals surface area contributed by atoms with Crippen molar-refractivity contribution in [1.82, 2.24) is 15.2 Å². The van der Waals surface area contributed by atoms with E-state index >= 15 is 0 Å². The highest BCUT2D eigenvalue weighted by atomic mass is 35.5. The lowest BCUT2D eigenvalue weighted by atomic mass is 9.71. The van der Waals surface area contributed by atoms with Crippen LogP contribution in [-0.2, 0) is 13.0 Å². The Bertz CT molecular complexity index is 870. The number of halogens is 1. The van der Waals surface area contributed by atoms with Crippen molar-refractivity contribution >= 4 is 24.0 Å². The average Bonchev–Trinajstić information content (AvgIpc) is 2.80. The van der Waals surface area contributed by atoms with Gasteiger partial charge in [0.25, 0.3) is 5.91 Å². The number of benzene rings is 1. The molecule has 30 heavy (non-hydrogen) atoms. The summed E-state index contributed by atoms with van der Waals surface area (Å²) in [7, 11) is 0. The second kappa shape index (κ2) is 8.94. The summed E-state index contributed by atoms with van der Waals surface area (Å²) in [5.74, 6) is 0.231. The lowest BCUT2D eigenvalue weighted by molar-refractivity contribution is 0.0513. The van der Waals surface area contributed by atoms with Gasteiger partial charge >= 0.3 is 0 Å². The predicted molar refractivity (Wildman–Crippen MR) is 122 cm³/mol. The molecule has 1 aromatic carbocycles. The van der Waals surface area contributed by atoms with Gasteiger partial charge in [0.2, 0.25) is 0 Å². The zero-order chi connectivity index (χ0) is 19.7. The molecule has 0 radical (unpaired) electrons. The Balaban J connectivity index is 0.00000218. The first-order valence-electron chi connectivity index (χ1n) is 11.0. The first-order chi connectivity index (χ1) is 14.2. The Morgan fingerprint density at radius 2 is 1.67 bits per heavy atom. The van der Waals surface area contributed by atoms with Crippen LogP contribution in [0.4, 0.5) is 5.69 Å². The number of hydrogen-bond donors (Lipinski definition) is 1. The zero-order valence-electron chi connectivity index (χ0n) is 17.5. The number of piperidine rings is 2. The van der Waals surface area contributed by atoms with Crippen LogP contribution in [0.5, 0.6) is 0 Å². The monoisotopic (exact) mass is 426 g/mol. The van der Waals surface area contributed by atoms with Crippen molar-refractivity contribution in [3.8, 4) is 0 Å². The van der Waals surface area contributed by atoms with Crippen LogP contribution in [0.1, 0.15) is 47.2 Å². The van der Waals surface area contributed by atoms with Crippen LogP contribution in [-0.4, -0.2) is 48.5 Å². The van der Waals surface area contributed by atoms with Gasteiger partial charge in [-0.2, -0.15) is 0 Å². The number of likely N-dealkylation sites (tertiary alicyclic amines) is 1. The SMILES string of the molecule is Cl.O=C(c1cccc2c1CNCC2)N1CCC2(CC1)CCN(c1ccncc1)CC2. The molecule has 3 aliphatic rings. The predicted octanol–water partition coefficient (Wildman–Crippen LogP) is 3.67. The van der Waals surface area contributed by atoms with Crippen molar-refractivity contribution in [2.24, 2.45) is 5.41 Å². The molecule has 3 aliphatic heterocycles. The summed E-state index contributed by atoms with van der Waals surface area (Å²) in [4.78, 5) is 22.0. The molecule has 1 spiro atoms. The fourth-order valence-corrected chi connectivity index (χ4v) is 5.36. The molecule has 2 aromatic rings. The third-order valence-corrected chi connectivity index (χ3v) is 7.34. The minimum absolute atomic E-state index is 0. The van der Waals surface area contributed by atoms with E-state index in [-0.39, 0.29) is 18.3 Å². The van der Waals surface area contributed by atoms with Gasteiger partial charge in [0.05, 0.1) is 0 Å². The second-order valence-electron chi connectivity index (χ2n) is 8.85. The summed E-state index contributed by atoms with van der Waals surface area (Å²) in [6, 6.07) is 10.5. The van der Waals surface area contributed by atoms with Crippen molar-refractivity contribution in [1.29, 1.82) is 0 Å². The number of rotatable bonds is 2. The van der Waals surface area contributed by atoms with Gasteiger partial charge in [-0.3, -0.25) is 9.78 Å². The Morgan fingerprint density at radius 3 is 2.40 bits per heavy atom. The van der Waals surface area contributed by atoms with E-state index in [1.807, 2.05) is 18.5 Å². The molecule has 0 unspecified atom stereocenters. The molecular weight excluding hydrogens is 396 g/mol. The van der Waals surface area contributed by atoms with E-state index in [2.05, 4.69) is 44.4 Å². The smallest absolute Gasteiger partial charge is 0.254 e. The van der Waals surface area contributed by atoms with E-state index in [1.54, 1.807) is 0 Å². The van der Waals surface area contributed by atoms with Gasteiger partial charge in [0, 0.05) is 56.4 Å². The molecule has 1 aromatic heterocycles. The number of anilines is 1. The molecule has 5 rings (SSSR count). The number of fused-ring (bicyclic) bond motifs is 1. The number of pyridine rings is 1. The number of aromatic nitrogens is 1. The second-order valence-corrected chi connectivity index (χ2v) is 8.85. The van der Waals surface area contributed by atoms with E-state index in [9.17, 15) is 4.79 Å². The van der Waals surface area contributed by atoms with E-state index in [1.165, 1.54) is 29.7 Å². The molecular formula is C24H31ClN4O. The number of carbonyl (C=O) groups is 1. The molecule has 0 bridgehead atoms. The molecule has 0 atom stereocenters. The Hall–Kier alpha value is -2.11. The minimum atomic E-state index is 0. The molecule has 4 heterocycles. The van der Waals surface area contributed by atoms with Crippen molar-refractivity contribution < 1.29 is 4.79 Å². The third-order valence-electron chi connectivity index (χ3n) is 7.34. The normalized spacial score (nSPS) is 20.4. The quantitative estimate of drug-likeness (QED) is 0.795. The molecule has 5 nitrogen and oxygen atoms in total. The Kier molecular flexibility index (Phi) is 6.30. The number of carbonyl (C=O) groups excluding carboxylic acids is 1. The highest BCUT2D eigenvalue weighted by Crippen LogP contribution is 2.42. The van der Waals surface area contributed by atoms with Crippen LogP contribution in [0.3, 0.4) is 0 Å². The highest BCUT2D eigenvalue weighted by molar-refractivity contribution is 5.96. The molecule has 2 saturated heterocycles. The van der Waals surface area contributed by atoms with Gasteiger partial charge < -0.3 is 15.1 Å². The summed E-state index contributed by atoms with van der Waals surface area (Å²) in [5, 5.41) is 3.42. The van der Waals surface area contributed by atoms with Gasteiger partial charge in [-0.05, 0) is 73.4 Å². The largest absolute Gasteiger partial charge is 0.371 e. The molecule has 1 N–H and O–H groups in total. The van der Waals surface area contributed by atoms with Crippen molar-refractivity contribution in [2.75, 3.05) is 37.6 Å². The van der Waals surface area contributed by atoms with E-state index in [4.69, 9.17) is 0 Å². The zero-order valence-corrected chi connectivity index (χ0v) is 18.3. The number of nitrogens with one attached hydrogen (secondary N) is 1. The molecule has 6 heteroatoms. The molecule has 1 amide bonds. The maximum absolute atomic E-state index is 13.3. The summed E-state index contributed by atoms with van der Waals surface area (Å²) in [6.07, 6.45) is 9.49. The van der Waals surface area contributed by atoms with Crippen LogP contribution < -0.4 is 10.2 Å². The third kappa shape index (κ3) is 4.06. The van der Waals surface area contributed by atoms with Gasteiger partial charge in [0.15, 0.2) is 0 Å². The van der Waals surface area contributed by atoms with Crippen molar-refractivity contribution in [3.63, 3.8) is 0 Å². The number of hydrogen-bond acceptors (Lipinski definition) is 4. The first kappa shape index (κ1) is 21.1. The Morgan fingerprint density at radius 1 is 0.967 bits per heavy atom. The standard InChI is InChI=1S/C24H30N4O.ClH/c29-23(21-3-1-2-19-4-11-26-18-22(19)21)28-16-9-24(10-17-28)7-14-27(15-8-24)20-5-12-25-13-6-20;/h1-3,5-6,12-13,26H,4,7-11,14-18H2;1H. The fraction of sp³-hybridized carbons (Fsp3) is 0.500. The Labute approximate surface area is 185 Å². The van der Waals surface area contributed by atoms with Gasteiger partial charge in [-0.25, -0.2) is 0 Å². The number of amides is 1. The number of nitrogens with zero attached hydrogens (tertiary/aromatic N) is 3. The van der Waals surface area contributed by atoms with Crippen molar-refractivity contribution in [3.05, 3.63) is 59.4 Å². The van der Waals surface area contributed by atoms with Gasteiger partial charge in [-0.1, -0.05) is 12.1 Å². The summed E-state index contributed by atoms with van der Waals surface area (Å²) < 4.78 is 0. The minimum Gasteiger partial charge on any atom is -0.371 e. The van der Waals surface area contributed by atoms with Crippen molar-refractivity contribution in [2.45, 2.75) is 38.6 Å². The summed E-state index contributed by atoms with van der Waals surface area (Å²) in [5.41, 5.74) is 5.17. The molecule has 0 aliphatic carbocycles. The van der Waals surface area contributed by atoms with Crippen LogP contribution in [0.2, 0.25) is 0 Å². The van der Waals surface area contributed by atoms with Crippen LogP contribution in [0.15, 0.2) is 42.7 Å². The van der Waals surface area contributed by atoms with Gasteiger partial charge in [0.1, 0.15) is 0 Å². The van der Waals surface area contributed by atoms with E-state index in [0.29, 0.717) is 5.41 Å². The molecule has 2 fully saturated rings. The lowest BCUT2D eigenvalue weighted by Crippen LogP contribution is -2.48. The molecule has 160 valence electrons. The lowest BCUT2D eigenvalue weighted by Gasteiger charge is -2.47.